The summed E-state index contributed by atoms with van der Waals surface area (Å²) in [4.78, 5) is 37.7. The van der Waals surface area contributed by atoms with Crippen LogP contribution in [0.15, 0.2) is 53.7 Å². The summed E-state index contributed by atoms with van der Waals surface area (Å²) in [6, 6.07) is 13.1. The van der Waals surface area contributed by atoms with Crippen molar-refractivity contribution in [3.8, 4) is 0 Å². The predicted molar refractivity (Wildman–Crippen MR) is 118 cm³/mol. The van der Waals surface area contributed by atoms with E-state index in [0.29, 0.717) is 30.5 Å². The van der Waals surface area contributed by atoms with Crippen LogP contribution in [0.2, 0.25) is 5.02 Å². The first kappa shape index (κ1) is 20.4. The molecule has 3 aromatic rings. The van der Waals surface area contributed by atoms with Gasteiger partial charge in [0, 0.05) is 34.9 Å². The molecular weight excluding hydrogens is 422 g/mol. The lowest BCUT2D eigenvalue weighted by atomic mass is 10.1. The molecule has 0 aliphatic carbocycles. The van der Waals surface area contributed by atoms with Gasteiger partial charge in [-0.2, -0.15) is 0 Å². The number of carbonyl (C=O) groups is 2. The van der Waals surface area contributed by atoms with Gasteiger partial charge in [0.05, 0.1) is 17.8 Å². The van der Waals surface area contributed by atoms with Crippen LogP contribution in [0.1, 0.15) is 5.56 Å². The maximum Gasteiger partial charge on any atom is 0.242 e. The van der Waals surface area contributed by atoms with Crippen LogP contribution < -0.4 is 5.73 Å². The summed E-state index contributed by atoms with van der Waals surface area (Å²) in [5.74, 6) is 0.597. The van der Waals surface area contributed by atoms with Crippen LogP contribution in [0.3, 0.4) is 0 Å². The van der Waals surface area contributed by atoms with E-state index in [1.54, 1.807) is 15.9 Å². The van der Waals surface area contributed by atoms with Crippen LogP contribution in [-0.4, -0.2) is 57.0 Å². The molecule has 0 bridgehead atoms. The van der Waals surface area contributed by atoms with Crippen molar-refractivity contribution < 1.29 is 9.59 Å². The van der Waals surface area contributed by atoms with E-state index >= 15 is 0 Å². The zero-order chi connectivity index (χ0) is 21.1. The van der Waals surface area contributed by atoms with Crippen LogP contribution in [0.5, 0.6) is 0 Å². The summed E-state index contributed by atoms with van der Waals surface area (Å²) in [5.41, 5.74) is 7.58. The number of nitrogens with zero attached hydrogens (tertiary/aromatic N) is 4. The predicted octanol–water partition coefficient (Wildman–Crippen LogP) is 2.83. The van der Waals surface area contributed by atoms with Crippen LogP contribution in [0, 0.1) is 0 Å². The SMILES string of the molecule is Nc1ncnc2cc(CN3CCN(C(=O)CSc4cccc(Cl)c4)CC3=O)ccc12. The van der Waals surface area contributed by atoms with E-state index in [9.17, 15) is 9.59 Å². The van der Waals surface area contributed by atoms with E-state index < -0.39 is 0 Å². The van der Waals surface area contributed by atoms with Crippen molar-refractivity contribution in [2.75, 3.05) is 31.1 Å². The fraction of sp³-hybridized carbons (Fsp3) is 0.238. The van der Waals surface area contributed by atoms with Crippen molar-refractivity contribution >= 4 is 51.9 Å². The molecule has 1 aromatic heterocycles. The highest BCUT2D eigenvalue weighted by Crippen LogP contribution is 2.23. The van der Waals surface area contributed by atoms with E-state index in [1.165, 1.54) is 18.1 Å². The lowest BCUT2D eigenvalue weighted by Gasteiger charge is -2.34. The number of halogens is 1. The third kappa shape index (κ3) is 4.66. The molecule has 1 fully saturated rings. The topological polar surface area (TPSA) is 92.4 Å². The minimum atomic E-state index is -0.0651. The average Bonchev–Trinajstić information content (AvgIpc) is 2.73. The molecular formula is C21H20ClN5O2S. The van der Waals surface area contributed by atoms with Gasteiger partial charge in [0.15, 0.2) is 0 Å². The molecule has 4 rings (SSSR count). The van der Waals surface area contributed by atoms with Gasteiger partial charge in [0.2, 0.25) is 11.8 Å². The number of aromatic nitrogens is 2. The Labute approximate surface area is 183 Å². The second kappa shape index (κ2) is 8.89. The monoisotopic (exact) mass is 441 g/mol. The molecule has 7 nitrogen and oxygen atoms in total. The average molecular weight is 442 g/mol. The summed E-state index contributed by atoms with van der Waals surface area (Å²) in [5, 5.41) is 1.43. The highest BCUT2D eigenvalue weighted by Gasteiger charge is 2.27. The molecule has 1 aliphatic heterocycles. The largest absolute Gasteiger partial charge is 0.383 e. The van der Waals surface area contributed by atoms with E-state index in [2.05, 4.69) is 9.97 Å². The molecule has 0 radical (unpaired) electrons. The third-order valence-electron chi connectivity index (χ3n) is 4.93. The number of fused-ring (bicyclic) bond motifs is 1. The Morgan fingerprint density at radius 3 is 2.83 bits per heavy atom. The fourth-order valence-electron chi connectivity index (χ4n) is 3.32. The Kier molecular flexibility index (Phi) is 6.06. The number of nitrogens with two attached hydrogens (primary N) is 1. The minimum Gasteiger partial charge on any atom is -0.383 e. The Morgan fingerprint density at radius 1 is 1.17 bits per heavy atom. The smallest absolute Gasteiger partial charge is 0.242 e. The zero-order valence-corrected chi connectivity index (χ0v) is 17.7. The maximum atomic E-state index is 12.6. The van der Waals surface area contributed by atoms with Crippen LogP contribution >= 0.6 is 23.4 Å². The maximum absolute atomic E-state index is 12.6. The van der Waals surface area contributed by atoms with E-state index in [-0.39, 0.29) is 24.1 Å². The summed E-state index contributed by atoms with van der Waals surface area (Å²) in [6.45, 7) is 1.58. The second-order valence-electron chi connectivity index (χ2n) is 6.99. The minimum absolute atomic E-state index is 0.0501. The second-order valence-corrected chi connectivity index (χ2v) is 8.47. The first-order chi connectivity index (χ1) is 14.5. The molecule has 1 saturated heterocycles. The Balaban J connectivity index is 1.34. The lowest BCUT2D eigenvalue weighted by Crippen LogP contribution is -2.52. The summed E-state index contributed by atoms with van der Waals surface area (Å²) in [7, 11) is 0. The van der Waals surface area contributed by atoms with Gasteiger partial charge in [-0.1, -0.05) is 23.7 Å². The van der Waals surface area contributed by atoms with Crippen molar-refractivity contribution in [1.29, 1.82) is 0 Å². The normalized spacial score (nSPS) is 14.4. The quantitative estimate of drug-likeness (QED) is 0.612. The summed E-state index contributed by atoms with van der Waals surface area (Å²) < 4.78 is 0. The Hall–Kier alpha value is -2.84. The van der Waals surface area contributed by atoms with Crippen molar-refractivity contribution in [3.05, 3.63) is 59.4 Å². The molecule has 2 aromatic carbocycles. The van der Waals surface area contributed by atoms with Gasteiger partial charge < -0.3 is 15.5 Å². The molecule has 2 heterocycles. The molecule has 0 spiro atoms. The number of rotatable bonds is 5. The molecule has 154 valence electrons. The van der Waals surface area contributed by atoms with E-state index in [0.717, 1.165) is 21.4 Å². The number of nitrogen functional groups attached to an aromatic ring is 1. The zero-order valence-electron chi connectivity index (χ0n) is 16.1. The van der Waals surface area contributed by atoms with Gasteiger partial charge in [-0.3, -0.25) is 9.59 Å². The van der Waals surface area contributed by atoms with Crippen LogP contribution in [-0.2, 0) is 16.1 Å². The number of anilines is 1. The fourth-order valence-corrected chi connectivity index (χ4v) is 4.44. The molecule has 2 amide bonds. The number of hydrogen-bond donors (Lipinski definition) is 1. The molecule has 9 heteroatoms. The lowest BCUT2D eigenvalue weighted by molar-refractivity contribution is -0.144. The van der Waals surface area contributed by atoms with Crippen molar-refractivity contribution in [1.82, 2.24) is 19.8 Å². The van der Waals surface area contributed by atoms with Crippen LogP contribution in [0.25, 0.3) is 10.9 Å². The number of amides is 2. The van der Waals surface area contributed by atoms with Gasteiger partial charge in [-0.05, 0) is 35.9 Å². The van der Waals surface area contributed by atoms with Gasteiger partial charge in [-0.25, -0.2) is 9.97 Å². The van der Waals surface area contributed by atoms with Crippen LogP contribution in [0.4, 0.5) is 5.82 Å². The highest BCUT2D eigenvalue weighted by atomic mass is 35.5. The number of hydrogen-bond acceptors (Lipinski definition) is 6. The van der Waals surface area contributed by atoms with E-state index in [4.69, 9.17) is 17.3 Å². The Bertz CT molecular complexity index is 1110. The van der Waals surface area contributed by atoms with Gasteiger partial charge in [-0.15, -0.1) is 11.8 Å². The van der Waals surface area contributed by atoms with Gasteiger partial charge >= 0.3 is 0 Å². The van der Waals surface area contributed by atoms with Gasteiger partial charge in [0.25, 0.3) is 0 Å². The number of carbonyl (C=O) groups excluding carboxylic acids is 2. The first-order valence-electron chi connectivity index (χ1n) is 9.42. The first-order valence-corrected chi connectivity index (χ1v) is 10.8. The van der Waals surface area contributed by atoms with E-state index in [1.807, 2.05) is 36.4 Å². The van der Waals surface area contributed by atoms with Crippen molar-refractivity contribution in [3.63, 3.8) is 0 Å². The van der Waals surface area contributed by atoms with Crippen molar-refractivity contribution in [2.24, 2.45) is 0 Å². The molecule has 2 N–H and O–H groups in total. The molecule has 0 unspecified atom stereocenters. The third-order valence-corrected chi connectivity index (χ3v) is 6.15. The molecule has 0 atom stereocenters. The Morgan fingerprint density at radius 2 is 2.03 bits per heavy atom. The molecule has 1 aliphatic rings. The van der Waals surface area contributed by atoms with Crippen molar-refractivity contribution in [2.45, 2.75) is 11.4 Å². The highest BCUT2D eigenvalue weighted by molar-refractivity contribution is 8.00. The summed E-state index contributed by atoms with van der Waals surface area (Å²) in [6.07, 6.45) is 1.43. The van der Waals surface area contributed by atoms with Gasteiger partial charge in [0.1, 0.15) is 12.1 Å². The number of piperazine rings is 1. The number of benzene rings is 2. The number of thioether (sulfide) groups is 1. The molecule has 30 heavy (non-hydrogen) atoms. The summed E-state index contributed by atoms with van der Waals surface area (Å²) >= 11 is 7.40. The molecule has 0 saturated carbocycles. The standard InChI is InChI=1S/C21H20ClN5O2S/c22-15-2-1-3-16(9-15)30-12-20(29)27-7-6-26(19(28)11-27)10-14-4-5-17-18(8-14)24-13-25-21(17)23/h1-5,8-9,13H,6-7,10-12H2,(H2,23,24,25).